The Bertz CT molecular complexity index is 530. The number of hydrogen-bond acceptors (Lipinski definition) is 3. The van der Waals surface area contributed by atoms with Gasteiger partial charge in [0.25, 0.3) is 0 Å². The molecule has 0 N–H and O–H groups in total. The molecule has 2 heterocycles. The van der Waals surface area contributed by atoms with Crippen LogP contribution in [0.5, 0.6) is 5.88 Å². The van der Waals surface area contributed by atoms with Crippen molar-refractivity contribution in [3.63, 3.8) is 0 Å². The lowest BCUT2D eigenvalue weighted by molar-refractivity contribution is 0.396. The van der Waals surface area contributed by atoms with Gasteiger partial charge < -0.3 is 4.74 Å². The van der Waals surface area contributed by atoms with Gasteiger partial charge in [0.2, 0.25) is 5.88 Å². The maximum absolute atomic E-state index is 5.93. The van der Waals surface area contributed by atoms with Crippen molar-refractivity contribution >= 4 is 38.6 Å². The summed E-state index contributed by atoms with van der Waals surface area (Å²) in [6.45, 7) is 1.93. The first-order valence-corrected chi connectivity index (χ1v) is 5.46. The number of halogens is 2. The van der Waals surface area contributed by atoms with Crippen LogP contribution in [0.25, 0.3) is 11.0 Å². The van der Waals surface area contributed by atoms with Gasteiger partial charge in [-0.25, -0.2) is 4.98 Å². The van der Waals surface area contributed by atoms with Crippen molar-refractivity contribution in [2.75, 3.05) is 7.11 Å². The van der Waals surface area contributed by atoms with E-state index in [2.05, 4.69) is 25.9 Å². The van der Waals surface area contributed by atoms with Gasteiger partial charge in [0.15, 0.2) is 0 Å². The number of hydrogen-bond donors (Lipinski definition) is 0. The van der Waals surface area contributed by atoms with Gasteiger partial charge in [-0.1, -0.05) is 11.6 Å². The van der Waals surface area contributed by atoms with Crippen LogP contribution in [0.3, 0.4) is 0 Å². The van der Waals surface area contributed by atoms with E-state index in [4.69, 9.17) is 16.3 Å². The minimum atomic E-state index is 0.543. The monoisotopic (exact) mass is 286 g/mol. The van der Waals surface area contributed by atoms with Crippen molar-refractivity contribution in [1.82, 2.24) is 9.97 Å². The lowest BCUT2D eigenvalue weighted by Gasteiger charge is -2.06. The van der Waals surface area contributed by atoms with Crippen LogP contribution in [0.15, 0.2) is 16.7 Å². The van der Waals surface area contributed by atoms with Crippen LogP contribution in [-0.4, -0.2) is 17.1 Å². The van der Waals surface area contributed by atoms with Crippen molar-refractivity contribution < 1.29 is 4.74 Å². The highest BCUT2D eigenvalue weighted by atomic mass is 79.9. The average molecular weight is 288 g/mol. The molecule has 0 amide bonds. The molecular formula is C10H8BrClN2O. The lowest BCUT2D eigenvalue weighted by Crippen LogP contribution is -1.94. The molecule has 0 bridgehead atoms. The third-order valence-corrected chi connectivity index (χ3v) is 3.39. The number of fused-ring (bicyclic) bond motifs is 1. The third kappa shape index (κ3) is 1.79. The van der Waals surface area contributed by atoms with E-state index in [1.165, 1.54) is 0 Å². The van der Waals surface area contributed by atoms with E-state index >= 15 is 0 Å². The Morgan fingerprint density at radius 1 is 1.47 bits per heavy atom. The minimum absolute atomic E-state index is 0.543. The highest BCUT2D eigenvalue weighted by Gasteiger charge is 2.09. The Morgan fingerprint density at radius 2 is 2.20 bits per heavy atom. The van der Waals surface area contributed by atoms with Crippen LogP contribution >= 0.6 is 27.5 Å². The van der Waals surface area contributed by atoms with Gasteiger partial charge in [-0.15, -0.1) is 0 Å². The number of rotatable bonds is 1. The van der Waals surface area contributed by atoms with Crippen molar-refractivity contribution in [3.05, 3.63) is 27.3 Å². The molecule has 3 nitrogen and oxygen atoms in total. The average Bonchev–Trinajstić information content (AvgIpc) is 2.23. The molecule has 2 aromatic rings. The van der Waals surface area contributed by atoms with Gasteiger partial charge in [-0.2, -0.15) is 0 Å². The van der Waals surface area contributed by atoms with E-state index < -0.39 is 0 Å². The summed E-state index contributed by atoms with van der Waals surface area (Å²) in [5.74, 6) is 0.590. The van der Waals surface area contributed by atoms with Crippen LogP contribution in [-0.2, 0) is 0 Å². The minimum Gasteiger partial charge on any atom is -0.481 e. The smallest absolute Gasteiger partial charge is 0.216 e. The molecule has 0 atom stereocenters. The fraction of sp³-hybridized carbons (Fsp3) is 0.200. The van der Waals surface area contributed by atoms with E-state index in [1.54, 1.807) is 13.3 Å². The normalized spacial score (nSPS) is 10.7. The number of aryl methyl sites for hydroxylation is 1. The predicted octanol–water partition coefficient (Wildman–Crippen LogP) is 3.36. The molecule has 0 unspecified atom stereocenters. The van der Waals surface area contributed by atoms with Crippen LogP contribution in [0, 0.1) is 6.92 Å². The largest absolute Gasteiger partial charge is 0.481 e. The molecule has 2 aromatic heterocycles. The van der Waals surface area contributed by atoms with E-state index in [9.17, 15) is 0 Å². The van der Waals surface area contributed by atoms with Crippen LogP contribution in [0.1, 0.15) is 5.56 Å². The topological polar surface area (TPSA) is 35.0 Å². The molecule has 78 valence electrons. The standard InChI is InChI=1S/C10H8BrClN2O/c1-5-3-7-9(14-10(5)15-2)8(11)6(12)4-13-7/h3-4H,1-2H3. The summed E-state index contributed by atoms with van der Waals surface area (Å²) >= 11 is 9.31. The zero-order valence-electron chi connectivity index (χ0n) is 8.21. The molecule has 0 saturated heterocycles. The van der Waals surface area contributed by atoms with Gasteiger partial charge in [0, 0.05) is 11.8 Å². The van der Waals surface area contributed by atoms with Gasteiger partial charge in [-0.3, -0.25) is 4.98 Å². The molecule has 0 saturated carbocycles. The summed E-state index contributed by atoms with van der Waals surface area (Å²) in [6.07, 6.45) is 1.60. The molecule has 5 heteroatoms. The van der Waals surface area contributed by atoms with Crippen LogP contribution in [0.2, 0.25) is 5.02 Å². The zero-order chi connectivity index (χ0) is 11.0. The van der Waals surface area contributed by atoms with Crippen molar-refractivity contribution in [2.45, 2.75) is 6.92 Å². The summed E-state index contributed by atoms with van der Waals surface area (Å²) in [6, 6.07) is 1.92. The Labute approximate surface area is 101 Å². The highest BCUT2D eigenvalue weighted by Crippen LogP contribution is 2.30. The number of nitrogens with zero attached hydrogens (tertiary/aromatic N) is 2. The maximum atomic E-state index is 5.93. The Balaban J connectivity index is 2.82. The Morgan fingerprint density at radius 3 is 2.87 bits per heavy atom. The van der Waals surface area contributed by atoms with Gasteiger partial charge >= 0.3 is 0 Å². The van der Waals surface area contributed by atoms with E-state index in [-0.39, 0.29) is 0 Å². The molecule has 0 aliphatic heterocycles. The summed E-state index contributed by atoms with van der Waals surface area (Å²) in [4.78, 5) is 8.54. The Hall–Kier alpha value is -0.870. The SMILES string of the molecule is COc1nc2c(Br)c(Cl)cnc2cc1C. The van der Waals surface area contributed by atoms with E-state index in [1.807, 2.05) is 13.0 Å². The van der Waals surface area contributed by atoms with Gasteiger partial charge in [0.1, 0.15) is 5.52 Å². The number of ether oxygens (including phenoxy) is 1. The van der Waals surface area contributed by atoms with Crippen molar-refractivity contribution in [2.24, 2.45) is 0 Å². The lowest BCUT2D eigenvalue weighted by atomic mass is 10.2. The fourth-order valence-electron chi connectivity index (χ4n) is 1.34. The summed E-state index contributed by atoms with van der Waals surface area (Å²) in [5, 5.41) is 0.543. The van der Waals surface area contributed by atoms with E-state index in [0.717, 1.165) is 15.6 Å². The Kier molecular flexibility index (Phi) is 2.80. The molecule has 0 aliphatic carbocycles. The second-order valence-corrected chi connectivity index (χ2v) is 4.30. The summed E-state index contributed by atoms with van der Waals surface area (Å²) < 4.78 is 5.89. The van der Waals surface area contributed by atoms with Crippen molar-refractivity contribution in [3.8, 4) is 5.88 Å². The maximum Gasteiger partial charge on any atom is 0.216 e. The molecule has 0 fully saturated rings. The second-order valence-electron chi connectivity index (χ2n) is 3.10. The quantitative estimate of drug-likeness (QED) is 0.806. The van der Waals surface area contributed by atoms with E-state index in [0.29, 0.717) is 16.4 Å². The van der Waals surface area contributed by atoms with Crippen LogP contribution in [0.4, 0.5) is 0 Å². The predicted molar refractivity (Wildman–Crippen MR) is 63.5 cm³/mol. The second kappa shape index (κ2) is 3.94. The number of pyridine rings is 2. The fourth-order valence-corrected chi connectivity index (χ4v) is 1.88. The van der Waals surface area contributed by atoms with Gasteiger partial charge in [0.05, 0.1) is 22.1 Å². The van der Waals surface area contributed by atoms with Gasteiger partial charge in [-0.05, 0) is 28.9 Å². The summed E-state index contributed by atoms with van der Waals surface area (Å²) in [5.41, 5.74) is 2.46. The molecule has 0 aliphatic rings. The first-order valence-electron chi connectivity index (χ1n) is 4.29. The highest BCUT2D eigenvalue weighted by molar-refractivity contribution is 9.10. The molecule has 0 aromatic carbocycles. The number of methoxy groups -OCH3 is 1. The molecular weight excluding hydrogens is 279 g/mol. The first kappa shape index (κ1) is 10.6. The zero-order valence-corrected chi connectivity index (χ0v) is 10.6. The third-order valence-electron chi connectivity index (χ3n) is 2.07. The molecule has 15 heavy (non-hydrogen) atoms. The summed E-state index contributed by atoms with van der Waals surface area (Å²) in [7, 11) is 1.59. The molecule has 2 rings (SSSR count). The van der Waals surface area contributed by atoms with Crippen molar-refractivity contribution in [1.29, 1.82) is 0 Å². The number of aromatic nitrogens is 2. The van der Waals surface area contributed by atoms with Crippen LogP contribution < -0.4 is 4.74 Å². The first-order chi connectivity index (χ1) is 7.13. The molecule has 0 spiro atoms. The molecule has 0 radical (unpaired) electrons.